The third-order valence-corrected chi connectivity index (χ3v) is 3.78. The van der Waals surface area contributed by atoms with Gasteiger partial charge in [0.25, 0.3) is 0 Å². The van der Waals surface area contributed by atoms with Crippen molar-refractivity contribution in [2.45, 2.75) is 26.8 Å². The smallest absolute Gasteiger partial charge is 0.0848 e. The second-order valence-electron chi connectivity index (χ2n) is 4.40. The maximum Gasteiger partial charge on any atom is 0.0848 e. The Hall–Kier alpha value is -1.03. The van der Waals surface area contributed by atoms with Gasteiger partial charge in [0.1, 0.15) is 0 Å². The Labute approximate surface area is 117 Å². The fraction of sp³-hybridized carbons (Fsp3) is 0.308. The lowest BCUT2D eigenvalue weighted by atomic mass is 10.1. The highest BCUT2D eigenvalue weighted by Crippen LogP contribution is 2.28. The number of benzene rings is 1. The number of aromatic nitrogens is 2. The van der Waals surface area contributed by atoms with E-state index in [1.54, 1.807) is 4.68 Å². The van der Waals surface area contributed by atoms with Gasteiger partial charge in [0.05, 0.1) is 27.1 Å². The number of halogens is 2. The van der Waals surface area contributed by atoms with Crippen molar-refractivity contribution < 1.29 is 0 Å². The largest absolute Gasteiger partial charge is 0.324 e. The van der Waals surface area contributed by atoms with Crippen LogP contribution in [0, 0.1) is 13.8 Å². The minimum Gasteiger partial charge on any atom is -0.324 e. The SMILES string of the molecule is Cc1nn(-c2ccc([C@@H](C)N)cc2Cl)c(C)c1Cl. The topological polar surface area (TPSA) is 43.8 Å². The number of hydrogen-bond donors (Lipinski definition) is 1. The molecule has 0 fully saturated rings. The lowest BCUT2D eigenvalue weighted by Gasteiger charge is -2.11. The average Bonchev–Trinajstić information content (AvgIpc) is 2.57. The molecule has 18 heavy (non-hydrogen) atoms. The van der Waals surface area contributed by atoms with E-state index in [1.165, 1.54) is 0 Å². The van der Waals surface area contributed by atoms with Crippen molar-refractivity contribution in [3.63, 3.8) is 0 Å². The van der Waals surface area contributed by atoms with Crippen LogP contribution in [0.2, 0.25) is 10.0 Å². The molecule has 1 aromatic heterocycles. The molecular weight excluding hydrogens is 269 g/mol. The van der Waals surface area contributed by atoms with Crippen LogP contribution in [0.5, 0.6) is 0 Å². The molecule has 2 rings (SSSR count). The Balaban J connectivity index is 2.54. The predicted molar refractivity (Wildman–Crippen MR) is 75.7 cm³/mol. The van der Waals surface area contributed by atoms with Crippen LogP contribution in [0.15, 0.2) is 18.2 Å². The van der Waals surface area contributed by atoms with Crippen molar-refractivity contribution in [3.05, 3.63) is 45.2 Å². The molecule has 0 aliphatic carbocycles. The molecule has 0 saturated heterocycles. The summed E-state index contributed by atoms with van der Waals surface area (Å²) >= 11 is 12.4. The summed E-state index contributed by atoms with van der Waals surface area (Å²) in [7, 11) is 0. The van der Waals surface area contributed by atoms with Crippen LogP contribution >= 0.6 is 23.2 Å². The van der Waals surface area contributed by atoms with Crippen molar-refractivity contribution in [3.8, 4) is 5.69 Å². The molecule has 1 heterocycles. The zero-order valence-corrected chi connectivity index (χ0v) is 12.0. The van der Waals surface area contributed by atoms with Crippen LogP contribution in [0.3, 0.4) is 0 Å². The first-order valence-corrected chi connectivity index (χ1v) is 6.44. The molecule has 96 valence electrons. The number of nitrogens with zero attached hydrogens (tertiary/aromatic N) is 2. The fourth-order valence-corrected chi connectivity index (χ4v) is 2.22. The van der Waals surface area contributed by atoms with E-state index in [4.69, 9.17) is 28.9 Å². The van der Waals surface area contributed by atoms with Crippen LogP contribution in [-0.4, -0.2) is 9.78 Å². The van der Waals surface area contributed by atoms with Gasteiger partial charge in [-0.15, -0.1) is 0 Å². The summed E-state index contributed by atoms with van der Waals surface area (Å²) in [6, 6.07) is 5.69. The molecule has 0 bridgehead atoms. The highest BCUT2D eigenvalue weighted by atomic mass is 35.5. The van der Waals surface area contributed by atoms with Crippen LogP contribution < -0.4 is 5.73 Å². The van der Waals surface area contributed by atoms with Gasteiger partial charge in [0.2, 0.25) is 0 Å². The molecule has 1 aromatic carbocycles. The Morgan fingerprint density at radius 3 is 2.39 bits per heavy atom. The Bertz CT molecular complexity index is 588. The van der Waals surface area contributed by atoms with Crippen LogP contribution in [0.4, 0.5) is 0 Å². The molecule has 0 aliphatic heterocycles. The number of nitrogens with two attached hydrogens (primary N) is 1. The quantitative estimate of drug-likeness (QED) is 0.911. The Kier molecular flexibility index (Phi) is 3.66. The Morgan fingerprint density at radius 2 is 1.94 bits per heavy atom. The zero-order chi connectivity index (χ0) is 13.4. The van der Waals surface area contributed by atoms with Gasteiger partial charge >= 0.3 is 0 Å². The van der Waals surface area contributed by atoms with Gasteiger partial charge in [-0.25, -0.2) is 4.68 Å². The van der Waals surface area contributed by atoms with Crippen molar-refractivity contribution >= 4 is 23.2 Å². The normalized spacial score (nSPS) is 12.8. The molecule has 0 radical (unpaired) electrons. The average molecular weight is 284 g/mol. The van der Waals surface area contributed by atoms with E-state index < -0.39 is 0 Å². The van der Waals surface area contributed by atoms with Crippen molar-refractivity contribution in [1.29, 1.82) is 0 Å². The molecule has 0 spiro atoms. The van der Waals surface area contributed by atoms with E-state index in [0.29, 0.717) is 10.0 Å². The van der Waals surface area contributed by atoms with Gasteiger partial charge in [-0.3, -0.25) is 0 Å². The van der Waals surface area contributed by atoms with Gasteiger partial charge in [0, 0.05) is 6.04 Å². The molecule has 0 saturated carbocycles. The molecule has 1 atom stereocenters. The first kappa shape index (κ1) is 13.4. The van der Waals surface area contributed by atoms with Crippen LogP contribution in [-0.2, 0) is 0 Å². The first-order valence-electron chi connectivity index (χ1n) is 5.69. The molecule has 5 heteroatoms. The molecule has 0 amide bonds. The number of rotatable bonds is 2. The van der Waals surface area contributed by atoms with E-state index in [1.807, 2.05) is 39.0 Å². The van der Waals surface area contributed by atoms with Crippen LogP contribution in [0.25, 0.3) is 5.69 Å². The lowest BCUT2D eigenvalue weighted by Crippen LogP contribution is -2.06. The predicted octanol–water partition coefficient (Wildman–Crippen LogP) is 3.82. The summed E-state index contributed by atoms with van der Waals surface area (Å²) in [5, 5.41) is 5.67. The van der Waals surface area contributed by atoms with Crippen molar-refractivity contribution in [2.75, 3.05) is 0 Å². The fourth-order valence-electron chi connectivity index (χ4n) is 1.84. The van der Waals surface area contributed by atoms with Gasteiger partial charge in [0.15, 0.2) is 0 Å². The summed E-state index contributed by atoms with van der Waals surface area (Å²) in [6.07, 6.45) is 0. The monoisotopic (exact) mass is 283 g/mol. The Morgan fingerprint density at radius 1 is 1.28 bits per heavy atom. The summed E-state index contributed by atoms with van der Waals surface area (Å²) in [5.41, 5.74) is 9.31. The number of aryl methyl sites for hydroxylation is 1. The van der Waals surface area contributed by atoms with Gasteiger partial charge in [-0.2, -0.15) is 5.10 Å². The van der Waals surface area contributed by atoms with Gasteiger partial charge < -0.3 is 5.73 Å². The maximum atomic E-state index is 6.28. The van der Waals surface area contributed by atoms with E-state index in [2.05, 4.69) is 5.10 Å². The maximum absolute atomic E-state index is 6.28. The second-order valence-corrected chi connectivity index (χ2v) is 5.18. The highest BCUT2D eigenvalue weighted by molar-refractivity contribution is 6.33. The zero-order valence-electron chi connectivity index (χ0n) is 10.5. The second kappa shape index (κ2) is 4.92. The first-order chi connectivity index (χ1) is 8.41. The highest BCUT2D eigenvalue weighted by Gasteiger charge is 2.13. The third-order valence-electron chi connectivity index (χ3n) is 2.93. The van der Waals surface area contributed by atoms with Crippen molar-refractivity contribution in [2.24, 2.45) is 5.73 Å². The standard InChI is InChI=1S/C13H15Cl2N3/c1-7(16)10-4-5-12(11(14)6-10)18-9(3)13(15)8(2)17-18/h4-7H,16H2,1-3H3/t7-/m1/s1. The van der Waals surface area contributed by atoms with Gasteiger partial charge in [-0.05, 0) is 38.5 Å². The summed E-state index contributed by atoms with van der Waals surface area (Å²) in [5.74, 6) is 0. The minimum atomic E-state index is -0.0411. The minimum absolute atomic E-state index is 0.0411. The molecule has 0 unspecified atom stereocenters. The van der Waals surface area contributed by atoms with Crippen LogP contribution in [0.1, 0.15) is 29.9 Å². The van der Waals surface area contributed by atoms with Crippen molar-refractivity contribution in [1.82, 2.24) is 9.78 Å². The van der Waals surface area contributed by atoms with E-state index >= 15 is 0 Å². The summed E-state index contributed by atoms with van der Waals surface area (Å²) in [4.78, 5) is 0. The van der Waals surface area contributed by atoms with Gasteiger partial charge in [-0.1, -0.05) is 29.3 Å². The molecule has 2 aromatic rings. The molecule has 2 N–H and O–H groups in total. The molecule has 3 nitrogen and oxygen atoms in total. The van der Waals surface area contributed by atoms with E-state index in [-0.39, 0.29) is 6.04 Å². The lowest BCUT2D eigenvalue weighted by molar-refractivity contribution is 0.808. The molecular formula is C13H15Cl2N3. The summed E-state index contributed by atoms with van der Waals surface area (Å²) < 4.78 is 1.75. The molecule has 0 aliphatic rings. The third kappa shape index (κ3) is 2.26. The van der Waals surface area contributed by atoms with E-state index in [0.717, 1.165) is 22.6 Å². The van der Waals surface area contributed by atoms with E-state index in [9.17, 15) is 0 Å². The summed E-state index contributed by atoms with van der Waals surface area (Å²) in [6.45, 7) is 5.71. The number of hydrogen-bond acceptors (Lipinski definition) is 2.